The van der Waals surface area contributed by atoms with Crippen molar-refractivity contribution >= 4 is 6.41 Å². The molecule has 3 heteroatoms. The highest BCUT2D eigenvalue weighted by molar-refractivity contribution is 5.49. The fourth-order valence-electron chi connectivity index (χ4n) is 3.80. The molecule has 0 aromatic heterocycles. The number of hydrogen-bond donors (Lipinski definition) is 0. The van der Waals surface area contributed by atoms with Crippen LogP contribution in [0.3, 0.4) is 0 Å². The average molecular weight is 259 g/mol. The highest BCUT2D eigenvalue weighted by Crippen LogP contribution is 2.51. The lowest BCUT2D eigenvalue weighted by Crippen LogP contribution is -2.54. The molecule has 1 saturated carbocycles. The molecule has 1 saturated heterocycles. The molecule has 0 N–H and O–H groups in total. The minimum Gasteiger partial charge on any atom is -0.497 e. The first-order chi connectivity index (χ1) is 9.14. The molecule has 2 fully saturated rings. The molecule has 19 heavy (non-hydrogen) atoms. The van der Waals surface area contributed by atoms with Crippen LogP contribution in [0.2, 0.25) is 0 Å². The number of likely N-dealkylation sites (tertiary alicyclic amines) is 1. The maximum Gasteiger partial charge on any atom is 0.209 e. The number of nitrogens with zero attached hydrogens (tertiary/aromatic N) is 1. The van der Waals surface area contributed by atoms with Gasteiger partial charge in [-0.25, -0.2) is 0 Å². The number of benzene rings is 1. The Labute approximate surface area is 114 Å². The molecular weight excluding hydrogens is 238 g/mol. The van der Waals surface area contributed by atoms with Gasteiger partial charge >= 0.3 is 0 Å². The predicted molar refractivity (Wildman–Crippen MR) is 74.4 cm³/mol. The molecule has 0 radical (unpaired) electrons. The zero-order chi connectivity index (χ0) is 13.5. The molecule has 1 amide bonds. The Kier molecular flexibility index (Phi) is 3.00. The summed E-state index contributed by atoms with van der Waals surface area (Å²) in [6.45, 7) is 4.03. The second-order valence-corrected chi connectivity index (χ2v) is 6.23. The number of ether oxygens (including phenoxy) is 1. The van der Waals surface area contributed by atoms with Crippen molar-refractivity contribution in [1.29, 1.82) is 0 Å². The first-order valence-electron chi connectivity index (χ1n) is 6.99. The van der Waals surface area contributed by atoms with E-state index in [0.29, 0.717) is 11.3 Å². The summed E-state index contributed by atoms with van der Waals surface area (Å²) in [5.41, 5.74) is 3.07. The Balaban J connectivity index is 1.74. The lowest BCUT2D eigenvalue weighted by atomic mass is 9.77. The second kappa shape index (κ2) is 4.55. The zero-order valence-corrected chi connectivity index (χ0v) is 11.7. The maximum absolute atomic E-state index is 10.7. The Hall–Kier alpha value is -1.51. The monoisotopic (exact) mass is 259 g/mol. The Morgan fingerprint density at radius 1 is 1.37 bits per heavy atom. The molecule has 1 heterocycles. The molecule has 1 aromatic rings. The number of carbonyl (C=O) groups is 1. The maximum atomic E-state index is 10.7. The van der Waals surface area contributed by atoms with Gasteiger partial charge in [0.15, 0.2) is 0 Å². The third-order valence-electron chi connectivity index (χ3n) is 4.71. The molecule has 1 unspecified atom stereocenters. The largest absolute Gasteiger partial charge is 0.497 e. The van der Waals surface area contributed by atoms with E-state index in [2.05, 4.69) is 25.1 Å². The third-order valence-corrected chi connectivity index (χ3v) is 4.71. The second-order valence-electron chi connectivity index (χ2n) is 6.23. The van der Waals surface area contributed by atoms with Crippen molar-refractivity contribution in [3.63, 3.8) is 0 Å². The van der Waals surface area contributed by atoms with Crippen molar-refractivity contribution in [1.82, 2.24) is 4.90 Å². The molecule has 3 nitrogen and oxygen atoms in total. The Bertz CT molecular complexity index is 492. The lowest BCUT2D eigenvalue weighted by Gasteiger charge is -2.46. The van der Waals surface area contributed by atoms with Crippen LogP contribution in [0, 0.1) is 12.3 Å². The third kappa shape index (κ3) is 2.22. The van der Waals surface area contributed by atoms with Gasteiger partial charge in [0.05, 0.1) is 7.11 Å². The summed E-state index contributed by atoms with van der Waals surface area (Å²) in [7, 11) is 1.72. The fraction of sp³-hybridized carbons (Fsp3) is 0.562. The van der Waals surface area contributed by atoms with Gasteiger partial charge in [-0.05, 0) is 55.4 Å². The summed E-state index contributed by atoms with van der Waals surface area (Å²) in [6.07, 6.45) is 4.68. The molecular formula is C16H21NO2. The number of amides is 1. The number of aryl methyl sites for hydroxylation is 1. The van der Waals surface area contributed by atoms with Crippen molar-refractivity contribution < 1.29 is 9.53 Å². The van der Waals surface area contributed by atoms with E-state index >= 15 is 0 Å². The minimum atomic E-state index is 0.405. The summed E-state index contributed by atoms with van der Waals surface area (Å²) in [5, 5.41) is 0. The van der Waals surface area contributed by atoms with Gasteiger partial charge in [-0.1, -0.05) is 6.07 Å². The standard InChI is InChI=1S/C16H21NO2/c1-12-5-14(7-15(6-12)19-2)13-3-4-16(8-13)9-17(10-16)11-18/h5-7,11,13H,3-4,8-10H2,1-2H3. The molecule has 1 spiro atoms. The van der Waals surface area contributed by atoms with Crippen LogP contribution in [0.4, 0.5) is 0 Å². The van der Waals surface area contributed by atoms with E-state index in [9.17, 15) is 4.79 Å². The van der Waals surface area contributed by atoms with Gasteiger partial charge in [-0.3, -0.25) is 4.79 Å². The lowest BCUT2D eigenvalue weighted by molar-refractivity contribution is -0.129. The van der Waals surface area contributed by atoms with Crippen LogP contribution < -0.4 is 4.74 Å². The van der Waals surface area contributed by atoms with Crippen LogP contribution in [0.25, 0.3) is 0 Å². The van der Waals surface area contributed by atoms with E-state index in [1.807, 2.05) is 4.90 Å². The summed E-state index contributed by atoms with van der Waals surface area (Å²) in [4.78, 5) is 12.6. The van der Waals surface area contributed by atoms with E-state index in [1.165, 1.54) is 30.4 Å². The molecule has 2 aliphatic rings. The van der Waals surface area contributed by atoms with Crippen molar-refractivity contribution in [2.45, 2.75) is 32.1 Å². The summed E-state index contributed by atoms with van der Waals surface area (Å²) in [6, 6.07) is 6.53. The first-order valence-corrected chi connectivity index (χ1v) is 6.99. The van der Waals surface area contributed by atoms with Gasteiger partial charge in [-0.15, -0.1) is 0 Å². The van der Waals surface area contributed by atoms with Gasteiger partial charge in [0.25, 0.3) is 0 Å². The highest BCUT2D eigenvalue weighted by atomic mass is 16.5. The molecule has 1 aliphatic carbocycles. The summed E-state index contributed by atoms with van der Waals surface area (Å²) >= 11 is 0. The fourth-order valence-corrected chi connectivity index (χ4v) is 3.80. The number of rotatable bonds is 3. The van der Waals surface area contributed by atoms with Gasteiger partial charge in [-0.2, -0.15) is 0 Å². The first kappa shape index (κ1) is 12.5. The van der Waals surface area contributed by atoms with Gasteiger partial charge < -0.3 is 9.64 Å². The summed E-state index contributed by atoms with van der Waals surface area (Å²) < 4.78 is 5.37. The SMILES string of the molecule is COc1cc(C)cc(C2CCC3(C2)CN(C=O)C3)c1. The Morgan fingerprint density at radius 3 is 2.84 bits per heavy atom. The molecule has 0 bridgehead atoms. The van der Waals surface area contributed by atoms with Gasteiger partial charge in [0.1, 0.15) is 5.75 Å². The van der Waals surface area contributed by atoms with E-state index in [-0.39, 0.29) is 0 Å². The topological polar surface area (TPSA) is 29.5 Å². The Morgan fingerprint density at radius 2 is 2.16 bits per heavy atom. The van der Waals surface area contributed by atoms with Crippen LogP contribution in [0.1, 0.15) is 36.3 Å². The smallest absolute Gasteiger partial charge is 0.209 e. The van der Waals surface area contributed by atoms with Crippen molar-refractivity contribution in [3.8, 4) is 5.75 Å². The predicted octanol–water partition coefficient (Wildman–Crippen LogP) is 2.73. The van der Waals surface area contributed by atoms with Crippen LogP contribution in [0.15, 0.2) is 18.2 Å². The molecule has 1 atom stereocenters. The van der Waals surface area contributed by atoms with Crippen LogP contribution in [-0.4, -0.2) is 31.5 Å². The normalized spacial score (nSPS) is 24.3. The van der Waals surface area contributed by atoms with E-state index in [4.69, 9.17) is 4.74 Å². The van der Waals surface area contributed by atoms with E-state index in [0.717, 1.165) is 25.2 Å². The van der Waals surface area contributed by atoms with Crippen LogP contribution >= 0.6 is 0 Å². The average Bonchev–Trinajstić information content (AvgIpc) is 2.81. The quantitative estimate of drug-likeness (QED) is 0.781. The number of carbonyl (C=O) groups excluding carboxylic acids is 1. The highest BCUT2D eigenvalue weighted by Gasteiger charge is 2.47. The van der Waals surface area contributed by atoms with Gasteiger partial charge in [0.2, 0.25) is 6.41 Å². The molecule has 3 rings (SSSR count). The van der Waals surface area contributed by atoms with Gasteiger partial charge in [0, 0.05) is 18.5 Å². The molecule has 1 aliphatic heterocycles. The zero-order valence-electron chi connectivity index (χ0n) is 11.7. The van der Waals surface area contributed by atoms with Crippen LogP contribution in [-0.2, 0) is 4.79 Å². The summed E-state index contributed by atoms with van der Waals surface area (Å²) in [5.74, 6) is 1.58. The van der Waals surface area contributed by atoms with Crippen molar-refractivity contribution in [2.75, 3.05) is 20.2 Å². The van der Waals surface area contributed by atoms with Crippen molar-refractivity contribution in [3.05, 3.63) is 29.3 Å². The van der Waals surface area contributed by atoms with Crippen molar-refractivity contribution in [2.24, 2.45) is 5.41 Å². The minimum absolute atomic E-state index is 0.405. The number of hydrogen-bond acceptors (Lipinski definition) is 2. The van der Waals surface area contributed by atoms with Crippen LogP contribution in [0.5, 0.6) is 5.75 Å². The number of methoxy groups -OCH3 is 1. The van der Waals surface area contributed by atoms with E-state index in [1.54, 1.807) is 7.11 Å². The van der Waals surface area contributed by atoms with E-state index < -0.39 is 0 Å². The molecule has 102 valence electrons. The molecule has 1 aromatic carbocycles.